The minimum Gasteiger partial charge on any atom is -0.497 e. The van der Waals surface area contributed by atoms with Crippen LogP contribution in [0.4, 0.5) is 5.69 Å². The number of piperidine rings is 1. The second kappa shape index (κ2) is 8.52. The molecule has 0 bridgehead atoms. The summed E-state index contributed by atoms with van der Waals surface area (Å²) in [5, 5.41) is 2.95. The van der Waals surface area contributed by atoms with Gasteiger partial charge < -0.3 is 15.0 Å². The summed E-state index contributed by atoms with van der Waals surface area (Å²) < 4.78 is 5.18. The Balaban J connectivity index is 1.49. The molecule has 0 unspecified atom stereocenters. The number of carbonyl (C=O) groups excluding carboxylic acids is 2. The molecule has 5 heteroatoms. The molecule has 5 nitrogen and oxygen atoms in total. The highest BCUT2D eigenvalue weighted by molar-refractivity contribution is 5.93. The minimum absolute atomic E-state index is 0.00779. The van der Waals surface area contributed by atoms with Gasteiger partial charge in [-0.1, -0.05) is 36.4 Å². The molecule has 2 amide bonds. The van der Waals surface area contributed by atoms with Crippen molar-refractivity contribution in [1.29, 1.82) is 0 Å². The summed E-state index contributed by atoms with van der Waals surface area (Å²) in [6.45, 7) is 1.25. The van der Waals surface area contributed by atoms with Crippen LogP contribution in [0.1, 0.15) is 18.4 Å². The lowest BCUT2D eigenvalue weighted by atomic mass is 9.95. The van der Waals surface area contributed by atoms with Crippen LogP contribution < -0.4 is 10.1 Å². The number of ether oxygens (including phenoxy) is 1. The Kier molecular flexibility index (Phi) is 5.89. The Morgan fingerprint density at radius 1 is 1.08 bits per heavy atom. The van der Waals surface area contributed by atoms with Gasteiger partial charge in [-0.15, -0.1) is 0 Å². The zero-order valence-corrected chi connectivity index (χ0v) is 15.0. The fourth-order valence-electron chi connectivity index (χ4n) is 3.22. The second-order valence-corrected chi connectivity index (χ2v) is 6.54. The molecule has 1 saturated heterocycles. The quantitative estimate of drug-likeness (QED) is 0.899. The highest BCUT2D eigenvalue weighted by atomic mass is 16.5. The number of hydrogen-bond donors (Lipinski definition) is 1. The van der Waals surface area contributed by atoms with Gasteiger partial charge >= 0.3 is 0 Å². The van der Waals surface area contributed by atoms with Crippen molar-refractivity contribution in [3.05, 3.63) is 60.2 Å². The first-order chi connectivity index (χ1) is 12.7. The van der Waals surface area contributed by atoms with Gasteiger partial charge in [0.25, 0.3) is 0 Å². The van der Waals surface area contributed by atoms with E-state index in [1.54, 1.807) is 13.2 Å². The van der Waals surface area contributed by atoms with Crippen molar-refractivity contribution < 1.29 is 14.3 Å². The standard InChI is InChI=1S/C21H24N2O3/c1-26-19-9-5-8-18(15-19)22-21(25)17-10-12-23(13-11-17)20(24)14-16-6-3-2-4-7-16/h2-9,15,17H,10-14H2,1H3,(H,22,25). The van der Waals surface area contributed by atoms with Crippen LogP contribution in [0.2, 0.25) is 0 Å². The van der Waals surface area contributed by atoms with Crippen molar-refractivity contribution in [2.24, 2.45) is 5.92 Å². The highest BCUT2D eigenvalue weighted by Crippen LogP contribution is 2.22. The lowest BCUT2D eigenvalue weighted by Gasteiger charge is -2.31. The molecule has 1 N–H and O–H groups in total. The van der Waals surface area contributed by atoms with Crippen molar-refractivity contribution in [3.8, 4) is 5.75 Å². The van der Waals surface area contributed by atoms with Gasteiger partial charge in [-0.2, -0.15) is 0 Å². The third kappa shape index (κ3) is 4.63. The number of likely N-dealkylation sites (tertiary alicyclic amines) is 1. The molecule has 0 spiro atoms. The van der Waals surface area contributed by atoms with Gasteiger partial charge in [-0.3, -0.25) is 9.59 Å². The van der Waals surface area contributed by atoms with Crippen LogP contribution in [-0.4, -0.2) is 36.9 Å². The molecule has 0 atom stereocenters. The monoisotopic (exact) mass is 352 g/mol. The van der Waals surface area contributed by atoms with Crippen LogP contribution in [0, 0.1) is 5.92 Å². The summed E-state index contributed by atoms with van der Waals surface area (Å²) in [6, 6.07) is 17.1. The highest BCUT2D eigenvalue weighted by Gasteiger charge is 2.27. The summed E-state index contributed by atoms with van der Waals surface area (Å²) in [7, 11) is 1.60. The van der Waals surface area contributed by atoms with Crippen LogP contribution >= 0.6 is 0 Å². The summed E-state index contributed by atoms with van der Waals surface area (Å²) in [5.74, 6) is 0.780. The number of benzene rings is 2. The molecule has 0 aliphatic carbocycles. The first kappa shape index (κ1) is 18.0. The van der Waals surface area contributed by atoms with E-state index in [-0.39, 0.29) is 17.7 Å². The molecule has 2 aromatic rings. The van der Waals surface area contributed by atoms with Crippen molar-refractivity contribution in [1.82, 2.24) is 4.90 Å². The van der Waals surface area contributed by atoms with E-state index in [1.165, 1.54) is 0 Å². The summed E-state index contributed by atoms with van der Waals surface area (Å²) in [5.41, 5.74) is 1.76. The molecule has 1 fully saturated rings. The molecule has 1 heterocycles. The smallest absolute Gasteiger partial charge is 0.227 e. The van der Waals surface area contributed by atoms with Crippen molar-refractivity contribution in [2.75, 3.05) is 25.5 Å². The van der Waals surface area contributed by atoms with Gasteiger partial charge in [0, 0.05) is 30.8 Å². The zero-order valence-electron chi connectivity index (χ0n) is 15.0. The predicted molar refractivity (Wildman–Crippen MR) is 101 cm³/mol. The summed E-state index contributed by atoms with van der Waals surface area (Å²) in [6.07, 6.45) is 1.80. The number of nitrogens with one attached hydrogen (secondary N) is 1. The number of hydrogen-bond acceptors (Lipinski definition) is 3. The van der Waals surface area contributed by atoms with E-state index in [2.05, 4.69) is 5.32 Å². The maximum Gasteiger partial charge on any atom is 0.227 e. The Labute approximate surface area is 154 Å². The summed E-state index contributed by atoms with van der Waals surface area (Å²) in [4.78, 5) is 26.8. The largest absolute Gasteiger partial charge is 0.497 e. The van der Waals surface area contributed by atoms with E-state index in [1.807, 2.05) is 53.4 Å². The van der Waals surface area contributed by atoms with Crippen molar-refractivity contribution in [3.63, 3.8) is 0 Å². The third-order valence-electron chi connectivity index (χ3n) is 4.75. The first-order valence-electron chi connectivity index (χ1n) is 8.92. The van der Waals surface area contributed by atoms with Gasteiger partial charge in [0.1, 0.15) is 5.75 Å². The molecule has 0 radical (unpaired) electrons. The maximum atomic E-state index is 12.5. The van der Waals surface area contributed by atoms with E-state index < -0.39 is 0 Å². The van der Waals surface area contributed by atoms with Gasteiger partial charge in [0.05, 0.1) is 13.5 Å². The number of amides is 2. The van der Waals surface area contributed by atoms with E-state index in [9.17, 15) is 9.59 Å². The van der Waals surface area contributed by atoms with Crippen molar-refractivity contribution >= 4 is 17.5 Å². The minimum atomic E-state index is -0.0676. The maximum absolute atomic E-state index is 12.5. The lowest BCUT2D eigenvalue weighted by Crippen LogP contribution is -2.42. The Morgan fingerprint density at radius 2 is 1.81 bits per heavy atom. The van der Waals surface area contributed by atoms with Crippen LogP contribution in [0.25, 0.3) is 0 Å². The molecule has 2 aromatic carbocycles. The summed E-state index contributed by atoms with van der Waals surface area (Å²) >= 11 is 0. The van der Waals surface area contributed by atoms with Gasteiger partial charge in [-0.05, 0) is 30.5 Å². The molecule has 0 aromatic heterocycles. The number of carbonyl (C=O) groups is 2. The SMILES string of the molecule is COc1cccc(NC(=O)C2CCN(C(=O)Cc3ccccc3)CC2)c1. The number of rotatable bonds is 5. The third-order valence-corrected chi connectivity index (χ3v) is 4.75. The number of methoxy groups -OCH3 is 1. The molecular weight excluding hydrogens is 328 g/mol. The predicted octanol–water partition coefficient (Wildman–Crippen LogP) is 3.12. The molecule has 1 aliphatic heterocycles. The lowest BCUT2D eigenvalue weighted by molar-refractivity contribution is -0.133. The van der Waals surface area contributed by atoms with E-state index in [0.717, 1.165) is 11.3 Å². The Hall–Kier alpha value is -2.82. The average Bonchev–Trinajstić information content (AvgIpc) is 2.69. The van der Waals surface area contributed by atoms with Crippen LogP contribution in [0.3, 0.4) is 0 Å². The molecule has 136 valence electrons. The fourth-order valence-corrected chi connectivity index (χ4v) is 3.22. The first-order valence-corrected chi connectivity index (χ1v) is 8.92. The van der Waals surface area contributed by atoms with E-state index >= 15 is 0 Å². The van der Waals surface area contributed by atoms with Gasteiger partial charge in [0.2, 0.25) is 11.8 Å². The van der Waals surface area contributed by atoms with Crippen LogP contribution in [0.5, 0.6) is 5.75 Å². The van der Waals surface area contributed by atoms with Crippen LogP contribution in [-0.2, 0) is 16.0 Å². The van der Waals surface area contributed by atoms with E-state index in [4.69, 9.17) is 4.74 Å². The topological polar surface area (TPSA) is 58.6 Å². The second-order valence-electron chi connectivity index (χ2n) is 6.54. The Morgan fingerprint density at radius 3 is 2.50 bits per heavy atom. The van der Waals surface area contributed by atoms with Crippen molar-refractivity contribution in [2.45, 2.75) is 19.3 Å². The Bertz CT molecular complexity index is 753. The fraction of sp³-hybridized carbons (Fsp3) is 0.333. The average molecular weight is 352 g/mol. The molecule has 3 rings (SSSR count). The van der Waals surface area contributed by atoms with Crippen LogP contribution in [0.15, 0.2) is 54.6 Å². The number of nitrogens with zero attached hydrogens (tertiary/aromatic N) is 1. The number of anilines is 1. The molecule has 0 saturated carbocycles. The normalized spacial score (nSPS) is 14.7. The van der Waals surface area contributed by atoms with Gasteiger partial charge in [-0.25, -0.2) is 0 Å². The molecule has 26 heavy (non-hydrogen) atoms. The van der Waals surface area contributed by atoms with E-state index in [0.29, 0.717) is 38.1 Å². The van der Waals surface area contributed by atoms with Gasteiger partial charge in [0.15, 0.2) is 0 Å². The molecule has 1 aliphatic rings. The molecular formula is C21H24N2O3. The zero-order chi connectivity index (χ0) is 18.4.